The number of amides is 1. The van der Waals surface area contributed by atoms with Crippen LogP contribution in [0.25, 0.3) is 11.4 Å². The maximum Gasteiger partial charge on any atom is 0.230 e. The van der Waals surface area contributed by atoms with Crippen molar-refractivity contribution >= 4 is 17.7 Å². The maximum absolute atomic E-state index is 14.1. The van der Waals surface area contributed by atoms with Crippen LogP contribution in [0, 0.1) is 11.7 Å². The second-order valence-electron chi connectivity index (χ2n) is 6.71. The summed E-state index contributed by atoms with van der Waals surface area (Å²) in [5.41, 5.74) is 0.454. The summed E-state index contributed by atoms with van der Waals surface area (Å²) in [7, 11) is 0. The molecular weight excluding hydrogens is 339 g/mol. The van der Waals surface area contributed by atoms with E-state index >= 15 is 0 Å². The first-order chi connectivity index (χ1) is 12.1. The van der Waals surface area contributed by atoms with Gasteiger partial charge in [0.2, 0.25) is 5.91 Å². The van der Waals surface area contributed by atoms with E-state index in [1.54, 1.807) is 18.2 Å². The van der Waals surface area contributed by atoms with Gasteiger partial charge in [-0.25, -0.2) is 4.39 Å². The number of thioether (sulfide) groups is 1. The summed E-state index contributed by atoms with van der Waals surface area (Å²) in [5.74, 6) is 1.08. The van der Waals surface area contributed by atoms with Crippen LogP contribution < -0.4 is 5.32 Å². The van der Waals surface area contributed by atoms with E-state index in [0.717, 1.165) is 19.3 Å². The lowest BCUT2D eigenvalue weighted by Crippen LogP contribution is -2.27. The molecule has 2 aromatic rings. The minimum absolute atomic E-state index is 0.0107. The second-order valence-corrected chi connectivity index (χ2v) is 7.65. The molecule has 1 aliphatic rings. The van der Waals surface area contributed by atoms with Gasteiger partial charge >= 0.3 is 0 Å². The highest BCUT2D eigenvalue weighted by Crippen LogP contribution is 2.41. The third kappa shape index (κ3) is 4.60. The second kappa shape index (κ2) is 7.99. The van der Waals surface area contributed by atoms with E-state index in [9.17, 15) is 9.18 Å². The summed E-state index contributed by atoms with van der Waals surface area (Å²) in [6.45, 7) is 4.94. The molecule has 1 amide bonds. The lowest BCUT2D eigenvalue weighted by atomic mass is 10.1. The Labute approximate surface area is 151 Å². The third-order valence-electron chi connectivity index (χ3n) is 4.07. The molecule has 1 fully saturated rings. The van der Waals surface area contributed by atoms with Gasteiger partial charge in [-0.1, -0.05) is 37.7 Å². The number of rotatable bonds is 8. The minimum Gasteiger partial charge on any atom is -0.355 e. The van der Waals surface area contributed by atoms with Crippen molar-refractivity contribution < 1.29 is 9.18 Å². The van der Waals surface area contributed by atoms with Crippen molar-refractivity contribution in [1.29, 1.82) is 0 Å². The van der Waals surface area contributed by atoms with Gasteiger partial charge in [-0.2, -0.15) is 0 Å². The van der Waals surface area contributed by atoms with Crippen LogP contribution in [0.2, 0.25) is 0 Å². The van der Waals surface area contributed by atoms with Gasteiger partial charge in [-0.15, -0.1) is 10.2 Å². The first-order valence-corrected chi connectivity index (χ1v) is 9.64. The summed E-state index contributed by atoms with van der Waals surface area (Å²) in [4.78, 5) is 12.0. The van der Waals surface area contributed by atoms with E-state index in [1.165, 1.54) is 17.8 Å². The van der Waals surface area contributed by atoms with Gasteiger partial charge in [0.05, 0.1) is 11.3 Å². The molecule has 0 atom stereocenters. The van der Waals surface area contributed by atoms with Crippen LogP contribution in [0.4, 0.5) is 4.39 Å². The molecule has 1 N–H and O–H groups in total. The fraction of sp³-hybridized carbons (Fsp3) is 0.500. The number of hydrogen-bond acceptors (Lipinski definition) is 4. The Balaban J connectivity index is 1.69. The molecule has 1 aliphatic carbocycles. The zero-order valence-electron chi connectivity index (χ0n) is 14.5. The summed E-state index contributed by atoms with van der Waals surface area (Å²) in [6, 6.07) is 6.89. The number of hydrogen-bond donors (Lipinski definition) is 1. The smallest absolute Gasteiger partial charge is 0.230 e. The number of nitrogens with zero attached hydrogens (tertiary/aromatic N) is 3. The zero-order valence-corrected chi connectivity index (χ0v) is 15.4. The van der Waals surface area contributed by atoms with Crippen molar-refractivity contribution in [3.05, 3.63) is 30.1 Å². The van der Waals surface area contributed by atoms with E-state index in [-0.39, 0.29) is 11.7 Å². The number of carbonyl (C=O) groups excluding carboxylic acids is 1. The van der Waals surface area contributed by atoms with Gasteiger partial charge in [0.15, 0.2) is 11.0 Å². The highest BCUT2D eigenvalue weighted by molar-refractivity contribution is 7.99. The molecule has 1 saturated carbocycles. The molecular formula is C18H23FN4OS. The lowest BCUT2D eigenvalue weighted by molar-refractivity contribution is -0.118. The first-order valence-electron chi connectivity index (χ1n) is 8.65. The quantitative estimate of drug-likeness (QED) is 0.728. The number of carbonyl (C=O) groups is 1. The summed E-state index contributed by atoms with van der Waals surface area (Å²) < 4.78 is 16.1. The third-order valence-corrected chi connectivity index (χ3v) is 5.01. The van der Waals surface area contributed by atoms with Crippen LogP contribution in [0.5, 0.6) is 0 Å². The first kappa shape index (κ1) is 17.9. The molecule has 1 aromatic carbocycles. The van der Waals surface area contributed by atoms with Crippen molar-refractivity contribution in [3.63, 3.8) is 0 Å². The Morgan fingerprint density at radius 2 is 2.12 bits per heavy atom. The van der Waals surface area contributed by atoms with Crippen LogP contribution >= 0.6 is 11.8 Å². The molecule has 0 saturated heterocycles. The van der Waals surface area contributed by atoms with Crippen LogP contribution in [-0.2, 0) is 4.79 Å². The highest BCUT2D eigenvalue weighted by atomic mass is 32.2. The normalized spacial score (nSPS) is 14.1. The molecule has 1 heterocycles. The average molecular weight is 362 g/mol. The number of aromatic nitrogens is 3. The van der Waals surface area contributed by atoms with Crippen molar-refractivity contribution in [3.8, 4) is 11.4 Å². The summed E-state index contributed by atoms with van der Waals surface area (Å²) >= 11 is 1.36. The Morgan fingerprint density at radius 1 is 1.36 bits per heavy atom. The van der Waals surface area contributed by atoms with Crippen molar-refractivity contribution in [1.82, 2.24) is 20.1 Å². The van der Waals surface area contributed by atoms with Crippen molar-refractivity contribution in [2.75, 3.05) is 12.3 Å². The molecule has 5 nitrogen and oxygen atoms in total. The molecule has 0 spiro atoms. The van der Waals surface area contributed by atoms with Gasteiger partial charge in [-0.3, -0.25) is 9.36 Å². The number of halogens is 1. The fourth-order valence-electron chi connectivity index (χ4n) is 2.54. The summed E-state index contributed by atoms with van der Waals surface area (Å²) in [5, 5.41) is 12.0. The minimum atomic E-state index is -0.306. The molecule has 134 valence electrons. The van der Waals surface area contributed by atoms with E-state index in [0.29, 0.717) is 40.8 Å². The maximum atomic E-state index is 14.1. The van der Waals surface area contributed by atoms with Crippen molar-refractivity contribution in [2.45, 2.75) is 44.3 Å². The predicted octanol–water partition coefficient (Wildman–Crippen LogP) is 3.67. The van der Waals surface area contributed by atoms with Crippen LogP contribution in [0.3, 0.4) is 0 Å². The molecule has 25 heavy (non-hydrogen) atoms. The van der Waals surface area contributed by atoms with Gasteiger partial charge < -0.3 is 5.32 Å². The highest BCUT2D eigenvalue weighted by Gasteiger charge is 2.31. The topological polar surface area (TPSA) is 59.8 Å². The largest absolute Gasteiger partial charge is 0.355 e. The van der Waals surface area contributed by atoms with Crippen LogP contribution in [-0.4, -0.2) is 33.0 Å². The lowest BCUT2D eigenvalue weighted by Gasteiger charge is -2.10. The zero-order chi connectivity index (χ0) is 17.8. The standard InChI is InChI=1S/C18H23FN4OS/c1-12(2)9-10-20-16(24)11-25-18-22-21-17(23(18)13-7-8-13)14-5-3-4-6-15(14)19/h3-6,12-13H,7-11H2,1-2H3,(H,20,24). The Morgan fingerprint density at radius 3 is 2.80 bits per heavy atom. The SMILES string of the molecule is CC(C)CCNC(=O)CSc1nnc(-c2ccccc2F)n1C1CC1. The Bertz CT molecular complexity index is 742. The van der Waals surface area contributed by atoms with Crippen LogP contribution in [0.15, 0.2) is 29.4 Å². The van der Waals surface area contributed by atoms with Gasteiger partial charge in [0, 0.05) is 12.6 Å². The fourth-order valence-corrected chi connectivity index (χ4v) is 3.38. The monoisotopic (exact) mass is 362 g/mol. The number of nitrogens with one attached hydrogen (secondary N) is 1. The van der Waals surface area contributed by atoms with Gasteiger partial charge in [0.25, 0.3) is 0 Å². The molecule has 7 heteroatoms. The van der Waals surface area contributed by atoms with E-state index in [1.807, 2.05) is 4.57 Å². The molecule has 1 aromatic heterocycles. The molecule has 0 bridgehead atoms. The van der Waals surface area contributed by atoms with E-state index in [4.69, 9.17) is 0 Å². The predicted molar refractivity (Wildman–Crippen MR) is 96.9 cm³/mol. The Kier molecular flexibility index (Phi) is 5.73. The molecule has 3 rings (SSSR count). The van der Waals surface area contributed by atoms with Gasteiger partial charge in [-0.05, 0) is 37.3 Å². The number of benzene rings is 1. The molecule has 0 radical (unpaired) electrons. The molecule has 0 unspecified atom stereocenters. The average Bonchev–Trinajstić information content (AvgIpc) is 3.33. The van der Waals surface area contributed by atoms with E-state index in [2.05, 4.69) is 29.4 Å². The van der Waals surface area contributed by atoms with Gasteiger partial charge in [0.1, 0.15) is 5.82 Å². The molecule has 0 aliphatic heterocycles. The van der Waals surface area contributed by atoms with Crippen LogP contribution in [0.1, 0.15) is 39.2 Å². The Hall–Kier alpha value is -1.89. The summed E-state index contributed by atoms with van der Waals surface area (Å²) in [6.07, 6.45) is 3.04. The van der Waals surface area contributed by atoms with Crippen molar-refractivity contribution in [2.24, 2.45) is 5.92 Å². The van der Waals surface area contributed by atoms with E-state index < -0.39 is 0 Å².